The van der Waals surface area contributed by atoms with Crippen LogP contribution in [-0.2, 0) is 9.59 Å². The molecule has 1 N–H and O–H groups in total. The van der Waals surface area contributed by atoms with Crippen LogP contribution in [0.3, 0.4) is 0 Å². The second-order valence-corrected chi connectivity index (χ2v) is 10.1. The molecular weight excluding hydrogens is 468 g/mol. The summed E-state index contributed by atoms with van der Waals surface area (Å²) in [6.07, 6.45) is 0. The topological polar surface area (TPSA) is 79.7 Å². The molecule has 0 spiro atoms. The third-order valence-electron chi connectivity index (χ3n) is 5.77. The van der Waals surface area contributed by atoms with Crippen molar-refractivity contribution in [3.8, 4) is 5.75 Å². The number of thiazole rings is 1. The minimum Gasteiger partial charge on any atom is -0.507 e. The largest absolute Gasteiger partial charge is 0.507 e. The number of aromatic nitrogens is 1. The van der Waals surface area contributed by atoms with Gasteiger partial charge in [-0.1, -0.05) is 35.1 Å². The Labute approximate surface area is 204 Å². The highest BCUT2D eigenvalue weighted by atomic mass is 32.1. The second-order valence-electron chi connectivity index (χ2n) is 8.06. The molecule has 0 saturated carbocycles. The molecule has 8 heteroatoms. The van der Waals surface area contributed by atoms with Crippen LogP contribution in [0.1, 0.15) is 34.5 Å². The average molecular weight is 491 g/mol. The number of thiophene rings is 1. The van der Waals surface area contributed by atoms with E-state index in [1.54, 1.807) is 0 Å². The summed E-state index contributed by atoms with van der Waals surface area (Å²) in [5.41, 5.74) is 3.11. The molecule has 1 aliphatic rings. The van der Waals surface area contributed by atoms with E-state index in [4.69, 9.17) is 4.74 Å². The maximum atomic E-state index is 13.3. The van der Waals surface area contributed by atoms with Gasteiger partial charge in [0, 0.05) is 10.4 Å². The Morgan fingerprint density at radius 1 is 1.15 bits per heavy atom. The molecule has 0 aliphatic carbocycles. The molecule has 34 heavy (non-hydrogen) atoms. The number of carbonyl (C=O) groups excluding carboxylic acids is 2. The summed E-state index contributed by atoms with van der Waals surface area (Å²) in [5.74, 6) is -0.863. The van der Waals surface area contributed by atoms with Gasteiger partial charge in [-0.05, 0) is 62.0 Å². The van der Waals surface area contributed by atoms with Crippen molar-refractivity contribution in [1.82, 2.24) is 4.98 Å². The van der Waals surface area contributed by atoms with Crippen molar-refractivity contribution in [3.63, 3.8) is 0 Å². The number of hydrogen-bond acceptors (Lipinski definition) is 7. The van der Waals surface area contributed by atoms with Gasteiger partial charge in [-0.3, -0.25) is 14.5 Å². The number of benzene rings is 2. The number of nitrogens with zero attached hydrogens (tertiary/aromatic N) is 2. The number of Topliss-reactive ketones (excluding diaryl/α,β-unsaturated/α-hetero) is 1. The Morgan fingerprint density at radius 3 is 2.71 bits per heavy atom. The molecule has 0 radical (unpaired) electrons. The predicted molar refractivity (Wildman–Crippen MR) is 136 cm³/mol. The van der Waals surface area contributed by atoms with Gasteiger partial charge in [0.2, 0.25) is 0 Å². The van der Waals surface area contributed by atoms with Gasteiger partial charge < -0.3 is 9.84 Å². The lowest BCUT2D eigenvalue weighted by molar-refractivity contribution is -0.132. The number of aliphatic hydroxyl groups excluding tert-OH is 1. The number of aliphatic hydroxyl groups is 1. The molecule has 2 aromatic heterocycles. The van der Waals surface area contributed by atoms with E-state index in [-0.39, 0.29) is 11.3 Å². The number of rotatable bonds is 5. The van der Waals surface area contributed by atoms with E-state index in [9.17, 15) is 14.7 Å². The monoisotopic (exact) mass is 490 g/mol. The van der Waals surface area contributed by atoms with E-state index in [1.807, 2.05) is 74.7 Å². The lowest BCUT2D eigenvalue weighted by atomic mass is 9.96. The van der Waals surface area contributed by atoms with E-state index >= 15 is 0 Å². The molecule has 1 fully saturated rings. The lowest BCUT2D eigenvalue weighted by Crippen LogP contribution is -2.28. The summed E-state index contributed by atoms with van der Waals surface area (Å²) in [6.45, 7) is 6.25. The molecule has 1 saturated heterocycles. The molecule has 3 heterocycles. The lowest BCUT2D eigenvalue weighted by Gasteiger charge is -2.21. The molecular formula is C26H22N2O4S2. The number of ketones is 1. The maximum absolute atomic E-state index is 13.3. The number of amides is 1. The highest BCUT2D eigenvalue weighted by Crippen LogP contribution is 2.46. The molecule has 0 bridgehead atoms. The first-order valence-electron chi connectivity index (χ1n) is 10.8. The number of anilines is 1. The normalized spacial score (nSPS) is 17.6. The summed E-state index contributed by atoms with van der Waals surface area (Å²) in [5, 5.41) is 13.6. The van der Waals surface area contributed by atoms with Crippen LogP contribution < -0.4 is 9.64 Å². The first-order valence-corrected chi connectivity index (χ1v) is 12.5. The van der Waals surface area contributed by atoms with Crippen LogP contribution in [0.5, 0.6) is 5.75 Å². The number of hydrogen-bond donors (Lipinski definition) is 1. The van der Waals surface area contributed by atoms with E-state index in [1.165, 1.54) is 27.6 Å². The van der Waals surface area contributed by atoms with Crippen molar-refractivity contribution in [2.45, 2.75) is 26.8 Å². The molecule has 5 rings (SSSR count). The van der Waals surface area contributed by atoms with Gasteiger partial charge in [0.25, 0.3) is 5.78 Å². The summed E-state index contributed by atoms with van der Waals surface area (Å²) in [6, 6.07) is 14.2. The predicted octanol–water partition coefficient (Wildman–Crippen LogP) is 6.00. The summed E-state index contributed by atoms with van der Waals surface area (Å²) in [7, 11) is 0. The molecule has 1 amide bonds. The molecule has 172 valence electrons. The third kappa shape index (κ3) is 3.69. The average Bonchev–Trinajstić information content (AvgIpc) is 3.54. The van der Waals surface area contributed by atoms with Crippen LogP contribution in [0.25, 0.3) is 16.0 Å². The highest BCUT2D eigenvalue weighted by Gasteiger charge is 2.48. The quantitative estimate of drug-likeness (QED) is 0.211. The molecule has 2 aromatic carbocycles. The van der Waals surface area contributed by atoms with Crippen molar-refractivity contribution in [2.24, 2.45) is 0 Å². The van der Waals surface area contributed by atoms with Crippen LogP contribution in [-0.4, -0.2) is 28.4 Å². The molecule has 1 unspecified atom stereocenters. The first kappa shape index (κ1) is 22.3. The van der Waals surface area contributed by atoms with E-state index in [0.717, 1.165) is 26.5 Å². The third-order valence-corrected chi connectivity index (χ3v) is 7.71. The zero-order valence-electron chi connectivity index (χ0n) is 18.9. The Bertz CT molecular complexity index is 1450. The van der Waals surface area contributed by atoms with Crippen molar-refractivity contribution in [3.05, 3.63) is 81.1 Å². The Balaban J connectivity index is 1.69. The highest BCUT2D eigenvalue weighted by molar-refractivity contribution is 7.22. The number of carbonyl (C=O) groups is 2. The van der Waals surface area contributed by atoms with Crippen LogP contribution in [0, 0.1) is 13.8 Å². The summed E-state index contributed by atoms with van der Waals surface area (Å²) >= 11 is 2.75. The second kappa shape index (κ2) is 8.70. The van der Waals surface area contributed by atoms with Crippen LogP contribution >= 0.6 is 22.7 Å². The number of fused-ring (bicyclic) bond motifs is 1. The fraction of sp³-hybridized carbons (Fsp3) is 0.192. The fourth-order valence-corrected chi connectivity index (χ4v) is 5.98. The zero-order valence-corrected chi connectivity index (χ0v) is 20.5. The SMILES string of the molecule is CCOc1ccc2nc(N3C(=O)C(=O)C(=C(O)c4cc(C)ccc4C)C3c3cccs3)sc2c1. The van der Waals surface area contributed by atoms with E-state index < -0.39 is 17.7 Å². The van der Waals surface area contributed by atoms with Gasteiger partial charge in [0.05, 0.1) is 22.4 Å². The van der Waals surface area contributed by atoms with E-state index in [2.05, 4.69) is 4.98 Å². The van der Waals surface area contributed by atoms with Crippen LogP contribution in [0.15, 0.2) is 59.5 Å². The van der Waals surface area contributed by atoms with Crippen molar-refractivity contribution in [1.29, 1.82) is 0 Å². The van der Waals surface area contributed by atoms with Gasteiger partial charge in [-0.25, -0.2) is 4.98 Å². The minimum absolute atomic E-state index is 0.0791. The molecule has 1 atom stereocenters. The van der Waals surface area contributed by atoms with Gasteiger partial charge in [-0.2, -0.15) is 0 Å². The number of aryl methyl sites for hydroxylation is 2. The summed E-state index contributed by atoms with van der Waals surface area (Å²) in [4.78, 5) is 33.5. The van der Waals surface area contributed by atoms with Crippen molar-refractivity contribution >= 4 is 55.5 Å². The van der Waals surface area contributed by atoms with Crippen molar-refractivity contribution < 1.29 is 19.4 Å². The molecule has 6 nitrogen and oxygen atoms in total. The maximum Gasteiger partial charge on any atom is 0.301 e. The molecule has 1 aliphatic heterocycles. The standard InChI is InChI=1S/C26H22N2O4S2/c1-4-32-16-9-10-18-20(13-16)34-26(27-18)28-22(19-6-5-11-33-19)21(24(30)25(28)31)23(29)17-12-14(2)7-8-15(17)3/h5-13,22,29H,4H2,1-3H3. The molecule has 4 aromatic rings. The Morgan fingerprint density at radius 2 is 1.97 bits per heavy atom. The Kier molecular flexibility index (Phi) is 5.71. The van der Waals surface area contributed by atoms with Crippen LogP contribution in [0.4, 0.5) is 5.13 Å². The minimum atomic E-state index is -0.758. The van der Waals surface area contributed by atoms with Gasteiger partial charge in [-0.15, -0.1) is 11.3 Å². The fourth-order valence-electron chi connectivity index (χ4n) is 4.13. The van der Waals surface area contributed by atoms with E-state index in [0.29, 0.717) is 22.8 Å². The van der Waals surface area contributed by atoms with Gasteiger partial charge in [0.1, 0.15) is 17.6 Å². The smallest absolute Gasteiger partial charge is 0.301 e. The first-order chi connectivity index (χ1) is 16.4. The summed E-state index contributed by atoms with van der Waals surface area (Å²) < 4.78 is 6.44. The van der Waals surface area contributed by atoms with Gasteiger partial charge in [0.15, 0.2) is 5.13 Å². The number of ether oxygens (including phenoxy) is 1. The Hall–Kier alpha value is -3.49. The van der Waals surface area contributed by atoms with Crippen molar-refractivity contribution in [2.75, 3.05) is 11.5 Å². The van der Waals surface area contributed by atoms with Gasteiger partial charge >= 0.3 is 5.91 Å². The zero-order chi connectivity index (χ0) is 24.0. The van der Waals surface area contributed by atoms with Crippen LogP contribution in [0.2, 0.25) is 0 Å².